The number of halogens is 2. The number of Topliss-reactive ketones (excluding diaryl/α,β-unsaturated/α-hetero) is 2. The molecule has 0 spiro atoms. The number of anilines is 4. The van der Waals surface area contributed by atoms with Crippen molar-refractivity contribution >= 4 is 59.1 Å². The summed E-state index contributed by atoms with van der Waals surface area (Å²) in [4.78, 5) is 44.5. The Morgan fingerprint density at radius 3 is 1.84 bits per heavy atom. The average Bonchev–Trinajstić information content (AvgIpc) is 3.16. The van der Waals surface area contributed by atoms with Gasteiger partial charge in [0.1, 0.15) is 5.92 Å². The topological polar surface area (TPSA) is 195 Å². The Bertz CT molecular complexity index is 1490. The molecule has 0 bridgehead atoms. The van der Waals surface area contributed by atoms with E-state index < -0.39 is 5.92 Å². The van der Waals surface area contributed by atoms with E-state index in [1.54, 1.807) is 30.3 Å². The zero-order valence-electron chi connectivity index (χ0n) is 23.7. The van der Waals surface area contributed by atoms with Crippen LogP contribution in [-0.2, 0) is 0 Å². The van der Waals surface area contributed by atoms with Gasteiger partial charge in [-0.25, -0.2) is 0 Å². The van der Waals surface area contributed by atoms with Gasteiger partial charge in [-0.2, -0.15) is 15.0 Å². The minimum Gasteiger partial charge on any atom is -0.338 e. The quantitative estimate of drug-likeness (QED) is 0.258. The number of ketones is 2. The molecule has 9 N–H and O–H groups in total. The first kappa shape index (κ1) is 31.0. The molecule has 2 fully saturated rings. The molecule has 2 saturated heterocycles. The number of carbonyl (C=O) groups excluding carboxylic acids is 2. The molecule has 0 amide bonds. The molecule has 3 aromatic rings. The summed E-state index contributed by atoms with van der Waals surface area (Å²) in [6.07, 6.45) is 1.45. The van der Waals surface area contributed by atoms with Crippen molar-refractivity contribution in [3.63, 3.8) is 0 Å². The fraction of sp³-hybridized carbons (Fsp3) is 0.414. The summed E-state index contributed by atoms with van der Waals surface area (Å²) < 4.78 is 0. The molecule has 6 rings (SSSR count). The van der Waals surface area contributed by atoms with Gasteiger partial charge < -0.3 is 38.1 Å². The van der Waals surface area contributed by atoms with Crippen LogP contribution in [0.15, 0.2) is 36.4 Å². The van der Waals surface area contributed by atoms with Crippen molar-refractivity contribution in [1.29, 1.82) is 0 Å². The number of carbonyl (C=O) groups is 2. The van der Waals surface area contributed by atoms with Crippen molar-refractivity contribution in [3.05, 3.63) is 63.7 Å². The molecular formula is C29H36Cl2N10O2. The molecular weight excluding hydrogens is 591 g/mol. The second-order valence-electron chi connectivity index (χ2n) is 11.6. The summed E-state index contributed by atoms with van der Waals surface area (Å²) in [6, 6.07) is 9.88. The van der Waals surface area contributed by atoms with Gasteiger partial charge in [0.25, 0.3) is 0 Å². The second-order valence-corrected chi connectivity index (χ2v) is 12.1. The molecule has 0 radical (unpaired) electrons. The summed E-state index contributed by atoms with van der Waals surface area (Å²) in [5, 5.41) is 3.71. The molecule has 3 aliphatic rings. The maximum atomic E-state index is 13.2. The smallest absolute Gasteiger partial charge is 0.233 e. The Labute approximate surface area is 261 Å². The summed E-state index contributed by atoms with van der Waals surface area (Å²) >= 11 is 6.09. The lowest BCUT2D eigenvalue weighted by Gasteiger charge is -2.37. The van der Waals surface area contributed by atoms with E-state index in [1.165, 1.54) is 0 Å². The van der Waals surface area contributed by atoms with Crippen LogP contribution < -0.4 is 38.1 Å². The van der Waals surface area contributed by atoms with Gasteiger partial charge in [-0.1, -0.05) is 17.7 Å². The third kappa shape index (κ3) is 6.30. The first-order valence-corrected chi connectivity index (χ1v) is 14.5. The number of nitrogens with two attached hydrogens (primary N) is 4. The Kier molecular flexibility index (Phi) is 8.89. The van der Waals surface area contributed by atoms with Crippen molar-refractivity contribution in [2.24, 2.45) is 22.9 Å². The number of aryl methyl sites for hydroxylation is 1. The third-order valence-electron chi connectivity index (χ3n) is 8.08. The summed E-state index contributed by atoms with van der Waals surface area (Å²) in [5.41, 5.74) is 27.9. The fourth-order valence-electron chi connectivity index (χ4n) is 6.23. The Hall–Kier alpha value is -3.39. The predicted octanol–water partition coefficient (Wildman–Crippen LogP) is 1.89. The van der Waals surface area contributed by atoms with Crippen LogP contribution in [0.25, 0.3) is 0 Å². The van der Waals surface area contributed by atoms with Crippen molar-refractivity contribution in [1.82, 2.24) is 15.0 Å². The highest BCUT2D eigenvalue weighted by atomic mass is 35.5. The van der Waals surface area contributed by atoms with Gasteiger partial charge in [0.05, 0.1) is 0 Å². The predicted molar refractivity (Wildman–Crippen MR) is 170 cm³/mol. The van der Waals surface area contributed by atoms with E-state index in [4.69, 9.17) is 49.5 Å². The summed E-state index contributed by atoms with van der Waals surface area (Å²) in [6.45, 7) is 4.15. The van der Waals surface area contributed by atoms with E-state index >= 15 is 0 Å². The standard InChI is InChI=1S/C29H35ClN10O2.ClH/c1-14-6-20(3-5-21(14)24-25(41)22-4-2-15(30)7-23(22)26(24)42)35-27-36-28(39-10-16(31)8-17(32)11-39)38-29(37-27)40-12-18(33)9-19(34)13-40;/h2-7,16-19,24H,8-13,31-34H2,1H3,(H,35,36,37,38);1H/t16-,17+,18-,19+,24?;. The molecule has 12 nitrogen and oxygen atoms in total. The van der Waals surface area contributed by atoms with Gasteiger partial charge in [-0.3, -0.25) is 9.59 Å². The maximum absolute atomic E-state index is 13.2. The number of aromatic nitrogens is 3. The van der Waals surface area contributed by atoms with Gasteiger partial charge in [0.2, 0.25) is 17.8 Å². The lowest BCUT2D eigenvalue weighted by molar-refractivity contribution is 0.0889. The van der Waals surface area contributed by atoms with Crippen LogP contribution in [0.2, 0.25) is 5.02 Å². The molecule has 228 valence electrons. The largest absolute Gasteiger partial charge is 0.338 e. The van der Waals surface area contributed by atoms with Gasteiger partial charge in [0.15, 0.2) is 11.6 Å². The Morgan fingerprint density at radius 2 is 1.30 bits per heavy atom. The number of nitrogens with zero attached hydrogens (tertiary/aromatic N) is 5. The second kappa shape index (κ2) is 12.3. The van der Waals surface area contributed by atoms with Crippen molar-refractivity contribution in [3.8, 4) is 0 Å². The molecule has 2 aliphatic heterocycles. The molecule has 1 aliphatic carbocycles. The monoisotopic (exact) mass is 626 g/mol. The Balaban J connectivity index is 0.00000368. The summed E-state index contributed by atoms with van der Waals surface area (Å²) in [5.74, 6) is -0.108. The van der Waals surface area contributed by atoms with Gasteiger partial charge >= 0.3 is 0 Å². The lowest BCUT2D eigenvalue weighted by atomic mass is 9.90. The molecule has 1 unspecified atom stereocenters. The van der Waals surface area contributed by atoms with Crippen molar-refractivity contribution in [2.75, 3.05) is 41.3 Å². The van der Waals surface area contributed by atoms with Gasteiger partial charge in [-0.05, 0) is 61.2 Å². The Morgan fingerprint density at radius 1 is 0.767 bits per heavy atom. The minimum absolute atomic E-state index is 0. The lowest BCUT2D eigenvalue weighted by Crippen LogP contribution is -2.54. The van der Waals surface area contributed by atoms with Crippen LogP contribution in [0, 0.1) is 6.92 Å². The van der Waals surface area contributed by atoms with E-state index in [0.29, 0.717) is 71.4 Å². The average molecular weight is 628 g/mol. The zero-order chi connectivity index (χ0) is 29.7. The number of piperidine rings is 2. The zero-order valence-corrected chi connectivity index (χ0v) is 25.3. The SMILES string of the molecule is Cc1cc(Nc2nc(N3C[C@H](N)C[C@H](N)C3)nc(N3C[C@H](N)C[C@H](N)C3)n2)ccc1C1C(=O)c2ccc(Cl)cc2C1=O.Cl. The van der Waals surface area contributed by atoms with Crippen LogP contribution in [0.1, 0.15) is 50.6 Å². The van der Waals surface area contributed by atoms with E-state index in [9.17, 15) is 9.59 Å². The highest BCUT2D eigenvalue weighted by Crippen LogP contribution is 2.37. The van der Waals surface area contributed by atoms with E-state index in [0.717, 1.165) is 18.4 Å². The van der Waals surface area contributed by atoms with Crippen LogP contribution in [0.5, 0.6) is 0 Å². The van der Waals surface area contributed by atoms with Crippen LogP contribution >= 0.6 is 24.0 Å². The van der Waals surface area contributed by atoms with Gasteiger partial charge in [0, 0.05) is 72.2 Å². The third-order valence-corrected chi connectivity index (χ3v) is 8.32. The highest BCUT2D eigenvalue weighted by Gasteiger charge is 2.40. The van der Waals surface area contributed by atoms with Crippen molar-refractivity contribution in [2.45, 2.75) is 49.9 Å². The normalized spacial score (nSPS) is 25.4. The molecule has 1 aromatic heterocycles. The first-order chi connectivity index (χ1) is 20.0. The number of benzene rings is 2. The molecule has 43 heavy (non-hydrogen) atoms. The first-order valence-electron chi connectivity index (χ1n) is 14.1. The number of fused-ring (bicyclic) bond motifs is 1. The highest BCUT2D eigenvalue weighted by molar-refractivity contribution is 6.34. The van der Waals surface area contributed by atoms with Crippen LogP contribution in [0.3, 0.4) is 0 Å². The number of rotatable bonds is 5. The van der Waals surface area contributed by atoms with E-state index in [2.05, 4.69) is 5.32 Å². The maximum Gasteiger partial charge on any atom is 0.233 e. The minimum atomic E-state index is -0.900. The van der Waals surface area contributed by atoms with Gasteiger partial charge in [-0.15, -0.1) is 12.4 Å². The molecule has 5 atom stereocenters. The van der Waals surface area contributed by atoms with Crippen LogP contribution in [-0.4, -0.2) is 76.9 Å². The number of hydrogen-bond acceptors (Lipinski definition) is 12. The number of hydrogen-bond donors (Lipinski definition) is 5. The summed E-state index contributed by atoms with van der Waals surface area (Å²) in [7, 11) is 0. The fourth-order valence-corrected chi connectivity index (χ4v) is 6.40. The van der Waals surface area contributed by atoms with E-state index in [-0.39, 0.29) is 48.1 Å². The molecule has 0 saturated carbocycles. The van der Waals surface area contributed by atoms with E-state index in [1.807, 2.05) is 22.8 Å². The molecule has 3 heterocycles. The van der Waals surface area contributed by atoms with Crippen LogP contribution in [0.4, 0.5) is 23.5 Å². The molecule has 2 aromatic carbocycles. The van der Waals surface area contributed by atoms with Crippen molar-refractivity contribution < 1.29 is 9.59 Å². The molecule has 14 heteroatoms. The number of nitrogens with one attached hydrogen (secondary N) is 1.